The number of benzene rings is 3. The Bertz CT molecular complexity index is 1340. The lowest BCUT2D eigenvalue weighted by molar-refractivity contribution is -0.270. The summed E-state index contributed by atoms with van der Waals surface area (Å²) in [6.07, 6.45) is -3.74. The molecule has 0 aliphatic carbocycles. The average molecular weight is 653 g/mol. The molecular weight excluding hydrogens is 614 g/mol. The van der Waals surface area contributed by atoms with Crippen LogP contribution in [0.2, 0.25) is 0 Å². The molecule has 240 valence electrons. The van der Waals surface area contributed by atoms with Gasteiger partial charge in [0.05, 0.1) is 39.1 Å². The van der Waals surface area contributed by atoms with Crippen molar-refractivity contribution >= 4 is 15.6 Å². The first-order valence-corrected chi connectivity index (χ1v) is 17.2. The zero-order valence-corrected chi connectivity index (χ0v) is 25.7. The first kappa shape index (κ1) is 34.6. The Morgan fingerprint density at radius 2 is 0.977 bits per heavy atom. The number of hydrogen-bond donors (Lipinski definition) is 4. The summed E-state index contributed by atoms with van der Waals surface area (Å²) < 4.78 is 58.1. The first-order chi connectivity index (χ1) is 21.1. The summed E-state index contributed by atoms with van der Waals surface area (Å²) >= 11 is 0. The Morgan fingerprint density at radius 1 is 0.568 bits per heavy atom. The molecule has 3 aromatic rings. The highest BCUT2D eigenvalue weighted by atomic mass is 31.2. The van der Waals surface area contributed by atoms with E-state index in [-0.39, 0.29) is 39.3 Å². The molecule has 1 heterocycles. The Hall–Kier alpha value is -2.28. The summed E-state index contributed by atoms with van der Waals surface area (Å²) in [6.45, 7) is -0.218. The molecule has 0 saturated carbocycles. The molecule has 1 aliphatic heterocycles. The van der Waals surface area contributed by atoms with Gasteiger partial charge in [-0.05, 0) is 29.5 Å². The van der Waals surface area contributed by atoms with E-state index in [0.29, 0.717) is 0 Å². The third kappa shape index (κ3) is 11.9. The maximum atomic E-state index is 11.7. The predicted octanol–water partition coefficient (Wildman–Crippen LogP) is 4.51. The normalized spacial score (nSPS) is 22.6. The van der Waals surface area contributed by atoms with Crippen LogP contribution in [0.5, 0.6) is 0 Å². The van der Waals surface area contributed by atoms with Crippen LogP contribution in [0.4, 0.5) is 0 Å². The molecule has 4 rings (SSSR count). The van der Waals surface area contributed by atoms with E-state index in [0.717, 1.165) is 16.7 Å². The van der Waals surface area contributed by atoms with Crippen LogP contribution in [0.3, 0.4) is 0 Å². The van der Waals surface area contributed by atoms with Crippen LogP contribution in [-0.2, 0) is 56.9 Å². The SMILES string of the molecule is O=P(O)(O)OCCCC1OC(COP(=O)(O)O)C(OCc2ccccc2)C(OCc2ccccc2)C1OCc1ccccc1. The molecule has 1 fully saturated rings. The number of ether oxygens (including phenoxy) is 4. The van der Waals surface area contributed by atoms with E-state index >= 15 is 0 Å². The van der Waals surface area contributed by atoms with Crippen LogP contribution in [-0.4, -0.2) is 63.3 Å². The molecule has 44 heavy (non-hydrogen) atoms. The van der Waals surface area contributed by atoms with Gasteiger partial charge in [-0.1, -0.05) is 91.0 Å². The molecule has 5 unspecified atom stereocenters. The maximum Gasteiger partial charge on any atom is 0.469 e. The highest BCUT2D eigenvalue weighted by Gasteiger charge is 2.48. The second-order valence-electron chi connectivity index (χ2n) is 10.2. The van der Waals surface area contributed by atoms with Gasteiger partial charge in [0.2, 0.25) is 0 Å². The molecule has 0 aromatic heterocycles. The number of phosphoric acid groups is 2. The molecule has 0 spiro atoms. The average Bonchev–Trinajstić information content (AvgIpc) is 3.00. The quantitative estimate of drug-likeness (QED) is 0.119. The van der Waals surface area contributed by atoms with Gasteiger partial charge in [-0.25, -0.2) is 9.13 Å². The molecule has 4 N–H and O–H groups in total. The van der Waals surface area contributed by atoms with Crippen molar-refractivity contribution in [2.45, 2.75) is 63.2 Å². The van der Waals surface area contributed by atoms with E-state index in [1.54, 1.807) is 0 Å². The summed E-state index contributed by atoms with van der Waals surface area (Å²) in [5.74, 6) is 0. The summed E-state index contributed by atoms with van der Waals surface area (Å²) in [4.78, 5) is 37.2. The summed E-state index contributed by atoms with van der Waals surface area (Å²) in [7, 11) is -9.54. The van der Waals surface area contributed by atoms with Crippen molar-refractivity contribution in [3.05, 3.63) is 108 Å². The minimum atomic E-state index is -4.87. The largest absolute Gasteiger partial charge is 0.469 e. The summed E-state index contributed by atoms with van der Waals surface area (Å²) in [6, 6.07) is 28.3. The lowest BCUT2D eigenvalue weighted by Gasteiger charge is -2.46. The number of hydrogen-bond acceptors (Lipinski definition) is 8. The minimum absolute atomic E-state index is 0.151. The van der Waals surface area contributed by atoms with E-state index in [4.69, 9.17) is 33.3 Å². The van der Waals surface area contributed by atoms with Crippen molar-refractivity contribution in [3.63, 3.8) is 0 Å². The van der Waals surface area contributed by atoms with E-state index in [1.165, 1.54) is 0 Å². The molecule has 14 heteroatoms. The lowest BCUT2D eigenvalue weighted by Crippen LogP contribution is -2.61. The summed E-state index contributed by atoms with van der Waals surface area (Å²) in [5.41, 5.74) is 2.64. The standard InChI is InChI=1S/C30H38O12P2/c31-43(32,33)40-18-10-17-26-28(37-19-23-11-4-1-5-12-23)30(39-21-25-15-8-3-9-16-25)29(27(42-26)22-41-44(34,35)36)38-20-24-13-6-2-7-14-24/h1-9,11-16,26-30H,10,17-22H2,(H2,31,32,33)(H2,34,35,36). The van der Waals surface area contributed by atoms with Gasteiger partial charge in [0.15, 0.2) is 0 Å². The molecule has 0 amide bonds. The molecule has 0 radical (unpaired) electrons. The highest BCUT2D eigenvalue weighted by molar-refractivity contribution is 7.46. The van der Waals surface area contributed by atoms with E-state index in [2.05, 4.69) is 4.52 Å². The van der Waals surface area contributed by atoms with Crippen molar-refractivity contribution in [2.24, 2.45) is 0 Å². The predicted molar refractivity (Wildman–Crippen MR) is 159 cm³/mol. The van der Waals surface area contributed by atoms with E-state index < -0.39 is 52.8 Å². The van der Waals surface area contributed by atoms with Gasteiger partial charge >= 0.3 is 15.6 Å². The third-order valence-electron chi connectivity index (χ3n) is 6.89. The third-order valence-corrected chi connectivity index (χ3v) is 7.89. The molecule has 12 nitrogen and oxygen atoms in total. The minimum Gasteiger partial charge on any atom is -0.368 e. The monoisotopic (exact) mass is 652 g/mol. The molecular formula is C30H38O12P2. The maximum absolute atomic E-state index is 11.7. The molecule has 5 atom stereocenters. The summed E-state index contributed by atoms with van der Waals surface area (Å²) in [5, 5.41) is 0. The van der Waals surface area contributed by atoms with E-state index in [1.807, 2.05) is 91.0 Å². The highest BCUT2D eigenvalue weighted by Crippen LogP contribution is 2.39. The Balaban J connectivity index is 1.64. The van der Waals surface area contributed by atoms with Crippen LogP contribution in [0, 0.1) is 0 Å². The van der Waals surface area contributed by atoms with Crippen LogP contribution in [0.1, 0.15) is 29.5 Å². The van der Waals surface area contributed by atoms with E-state index in [9.17, 15) is 18.9 Å². The van der Waals surface area contributed by atoms with Crippen LogP contribution in [0.15, 0.2) is 91.0 Å². The first-order valence-electron chi connectivity index (χ1n) is 14.1. The van der Waals surface area contributed by atoms with Crippen molar-refractivity contribution in [1.29, 1.82) is 0 Å². The number of rotatable bonds is 17. The zero-order chi connectivity index (χ0) is 31.4. The second-order valence-corrected chi connectivity index (χ2v) is 12.7. The van der Waals surface area contributed by atoms with Gasteiger partial charge in [-0.3, -0.25) is 9.05 Å². The van der Waals surface area contributed by atoms with Crippen molar-refractivity contribution in [1.82, 2.24) is 0 Å². The Morgan fingerprint density at radius 3 is 1.41 bits per heavy atom. The van der Waals surface area contributed by atoms with Crippen molar-refractivity contribution in [3.8, 4) is 0 Å². The van der Waals surface area contributed by atoms with Gasteiger partial charge in [-0.15, -0.1) is 0 Å². The van der Waals surface area contributed by atoms with Crippen LogP contribution >= 0.6 is 15.6 Å². The fourth-order valence-corrected chi connectivity index (χ4v) is 5.60. The molecule has 0 bridgehead atoms. The molecule has 1 aliphatic rings. The Kier molecular flexibility index (Phi) is 13.3. The second kappa shape index (κ2) is 16.9. The van der Waals surface area contributed by atoms with Gasteiger partial charge < -0.3 is 38.5 Å². The molecule has 3 aromatic carbocycles. The topological polar surface area (TPSA) is 170 Å². The van der Waals surface area contributed by atoms with Gasteiger partial charge in [0.25, 0.3) is 0 Å². The fraction of sp³-hybridized carbons (Fsp3) is 0.400. The lowest BCUT2D eigenvalue weighted by atomic mass is 9.92. The molecule has 1 saturated heterocycles. The van der Waals surface area contributed by atoms with Gasteiger partial charge in [0, 0.05) is 0 Å². The fourth-order valence-electron chi connectivity index (χ4n) is 4.89. The zero-order valence-electron chi connectivity index (χ0n) is 23.9. The van der Waals surface area contributed by atoms with Crippen LogP contribution < -0.4 is 0 Å². The van der Waals surface area contributed by atoms with Gasteiger partial charge in [0.1, 0.15) is 24.4 Å². The Labute approximate surface area is 256 Å². The van der Waals surface area contributed by atoms with Crippen molar-refractivity contribution in [2.75, 3.05) is 13.2 Å². The van der Waals surface area contributed by atoms with Gasteiger partial charge in [-0.2, -0.15) is 0 Å². The smallest absolute Gasteiger partial charge is 0.368 e. The van der Waals surface area contributed by atoms with Crippen molar-refractivity contribution < 1.29 is 56.7 Å². The number of phosphoric ester groups is 2. The van der Waals surface area contributed by atoms with Crippen LogP contribution in [0.25, 0.3) is 0 Å².